The van der Waals surface area contributed by atoms with Gasteiger partial charge in [0.15, 0.2) is 9.84 Å². The topological polar surface area (TPSA) is 95.3 Å². The fourth-order valence-electron chi connectivity index (χ4n) is 6.30. The van der Waals surface area contributed by atoms with E-state index >= 15 is 0 Å². The maximum Gasteiger partial charge on any atom is 0.417 e. The molecule has 2 aliphatic carbocycles. The first-order valence-corrected chi connectivity index (χ1v) is 14.0. The van der Waals surface area contributed by atoms with Crippen molar-refractivity contribution in [2.45, 2.75) is 35.1 Å². The summed E-state index contributed by atoms with van der Waals surface area (Å²) in [5.41, 5.74) is -2.13. The molecule has 2 aromatic carbocycles. The lowest BCUT2D eigenvalue weighted by molar-refractivity contribution is -0.137. The molecule has 5 rings (SSSR count). The molecule has 4 atom stereocenters. The second-order valence-corrected chi connectivity index (χ2v) is 13.6. The van der Waals surface area contributed by atoms with Crippen LogP contribution in [0, 0.1) is 34.9 Å². The zero-order valence-corrected chi connectivity index (χ0v) is 19.8. The molecule has 2 bridgehead atoms. The molecule has 0 radical (unpaired) electrons. The predicted octanol–water partition coefficient (Wildman–Crippen LogP) is 4.12. The van der Waals surface area contributed by atoms with Gasteiger partial charge >= 0.3 is 6.18 Å². The number of alkyl halides is 3. The SMILES string of the molecule is N#Cc1ccc(N2C[C@H]3[C@H]4CC[C@H](C4)[C@@]3(CS(=O)(=O)c3ccc(F)cc3)S2(=O)=O)cc1C(F)(F)F. The van der Waals surface area contributed by atoms with Gasteiger partial charge < -0.3 is 0 Å². The van der Waals surface area contributed by atoms with Gasteiger partial charge in [-0.3, -0.25) is 4.31 Å². The zero-order chi connectivity index (χ0) is 25.4. The molecule has 186 valence electrons. The van der Waals surface area contributed by atoms with E-state index in [0.717, 1.165) is 47.1 Å². The summed E-state index contributed by atoms with van der Waals surface area (Å²) in [4.78, 5) is -0.207. The van der Waals surface area contributed by atoms with Crippen LogP contribution in [-0.4, -0.2) is 33.9 Å². The number of sulfone groups is 1. The first-order chi connectivity index (χ1) is 16.3. The fraction of sp³-hybridized carbons (Fsp3) is 0.435. The Hall–Kier alpha value is -2.65. The molecule has 2 aromatic rings. The van der Waals surface area contributed by atoms with Crippen LogP contribution in [0.25, 0.3) is 0 Å². The lowest BCUT2D eigenvalue weighted by Gasteiger charge is -2.36. The summed E-state index contributed by atoms with van der Waals surface area (Å²) in [5.74, 6) is -2.46. The molecular weight excluding hydrogens is 508 g/mol. The molecule has 1 aliphatic heterocycles. The highest BCUT2D eigenvalue weighted by Gasteiger charge is 2.71. The summed E-state index contributed by atoms with van der Waals surface area (Å²) in [6, 6.07) is 8.31. The highest BCUT2D eigenvalue weighted by molar-refractivity contribution is 7.97. The maximum atomic E-state index is 14.0. The van der Waals surface area contributed by atoms with Crippen LogP contribution in [0.15, 0.2) is 47.4 Å². The number of fused-ring (bicyclic) bond motifs is 5. The molecule has 1 heterocycles. The minimum absolute atomic E-state index is 0.0661. The van der Waals surface area contributed by atoms with E-state index in [9.17, 15) is 34.4 Å². The number of halogens is 4. The summed E-state index contributed by atoms with van der Waals surface area (Å²) < 4.78 is 108. The lowest BCUT2D eigenvalue weighted by atomic mass is 9.79. The number of anilines is 1. The van der Waals surface area contributed by atoms with Crippen molar-refractivity contribution in [2.24, 2.45) is 17.8 Å². The van der Waals surface area contributed by atoms with E-state index in [1.807, 2.05) is 0 Å². The Morgan fingerprint density at radius 1 is 1.11 bits per heavy atom. The van der Waals surface area contributed by atoms with Crippen molar-refractivity contribution in [3.63, 3.8) is 0 Å². The van der Waals surface area contributed by atoms with Crippen LogP contribution < -0.4 is 4.31 Å². The van der Waals surface area contributed by atoms with E-state index < -0.39 is 65.3 Å². The van der Waals surface area contributed by atoms with E-state index in [0.29, 0.717) is 18.9 Å². The number of hydrogen-bond donors (Lipinski definition) is 0. The molecule has 2 saturated carbocycles. The van der Waals surface area contributed by atoms with Gasteiger partial charge in [0.25, 0.3) is 0 Å². The third-order valence-corrected chi connectivity index (χ3v) is 12.5. The number of rotatable bonds is 4. The Morgan fingerprint density at radius 2 is 1.80 bits per heavy atom. The van der Waals surface area contributed by atoms with Gasteiger partial charge in [0.1, 0.15) is 10.6 Å². The number of sulfonamides is 1. The van der Waals surface area contributed by atoms with E-state index in [1.165, 1.54) is 6.07 Å². The highest BCUT2D eigenvalue weighted by atomic mass is 32.2. The van der Waals surface area contributed by atoms with E-state index in [-0.39, 0.29) is 23.0 Å². The van der Waals surface area contributed by atoms with Crippen molar-refractivity contribution in [1.82, 2.24) is 0 Å². The fourth-order valence-corrected chi connectivity index (χ4v) is 11.6. The smallest absolute Gasteiger partial charge is 0.269 e. The monoisotopic (exact) mass is 528 g/mol. The molecular formula is C23H20F4N2O4S2. The minimum atomic E-state index is -4.87. The van der Waals surface area contributed by atoms with Gasteiger partial charge in [-0.1, -0.05) is 0 Å². The molecule has 0 spiro atoms. The molecule has 3 aliphatic rings. The Labute approximate surface area is 200 Å². The van der Waals surface area contributed by atoms with Gasteiger partial charge in [0.05, 0.1) is 33.5 Å². The molecule has 0 N–H and O–H groups in total. The van der Waals surface area contributed by atoms with Gasteiger partial charge in [-0.05, 0) is 73.6 Å². The molecule has 0 unspecified atom stereocenters. The predicted molar refractivity (Wildman–Crippen MR) is 118 cm³/mol. The second-order valence-electron chi connectivity index (χ2n) is 9.42. The van der Waals surface area contributed by atoms with Gasteiger partial charge in [-0.15, -0.1) is 0 Å². The lowest BCUT2D eigenvalue weighted by Crippen LogP contribution is -2.52. The third kappa shape index (κ3) is 3.46. The van der Waals surface area contributed by atoms with E-state index in [2.05, 4.69) is 0 Å². The van der Waals surface area contributed by atoms with Crippen LogP contribution in [0.1, 0.15) is 30.4 Å². The van der Waals surface area contributed by atoms with Crippen LogP contribution in [0.2, 0.25) is 0 Å². The Kier molecular flexibility index (Phi) is 5.27. The molecule has 12 heteroatoms. The number of benzene rings is 2. The maximum absolute atomic E-state index is 14.0. The van der Waals surface area contributed by atoms with Gasteiger partial charge in [0.2, 0.25) is 10.0 Å². The van der Waals surface area contributed by atoms with E-state index in [1.54, 1.807) is 0 Å². The summed E-state index contributed by atoms with van der Waals surface area (Å²) in [7, 11) is -8.57. The Bertz CT molecular complexity index is 1450. The zero-order valence-electron chi connectivity index (χ0n) is 18.2. The number of nitriles is 1. The van der Waals surface area contributed by atoms with Crippen LogP contribution in [0.3, 0.4) is 0 Å². The van der Waals surface area contributed by atoms with Gasteiger partial charge in [-0.25, -0.2) is 21.2 Å². The Morgan fingerprint density at radius 3 is 2.43 bits per heavy atom. The van der Waals surface area contributed by atoms with Gasteiger partial charge in [0, 0.05) is 12.5 Å². The highest BCUT2D eigenvalue weighted by Crippen LogP contribution is 2.63. The summed E-state index contributed by atoms with van der Waals surface area (Å²) >= 11 is 0. The first-order valence-electron chi connectivity index (χ1n) is 10.9. The standard InChI is InChI=1S/C23H20F4N2O4S2/c24-17-4-7-19(8-5-17)34(30,31)13-22-16-3-1-14(9-16)21(22)12-29(35(22,32)33)18-6-2-15(11-28)20(10-18)23(25,26)27/h2,4-8,10,14,16,21H,1,3,9,12-13H2/t14-,16+,21-,22+/m0/s1. The van der Waals surface area contributed by atoms with Crippen LogP contribution >= 0.6 is 0 Å². The third-order valence-electron chi connectivity index (χ3n) is 7.80. The van der Waals surface area contributed by atoms with Gasteiger partial charge in [-0.2, -0.15) is 18.4 Å². The molecule has 0 aromatic heterocycles. The number of nitrogens with zero attached hydrogens (tertiary/aromatic N) is 2. The van der Waals surface area contributed by atoms with Crippen molar-refractivity contribution >= 4 is 25.5 Å². The van der Waals surface area contributed by atoms with Crippen molar-refractivity contribution in [2.75, 3.05) is 16.6 Å². The van der Waals surface area contributed by atoms with Crippen molar-refractivity contribution in [1.29, 1.82) is 5.26 Å². The summed E-state index contributed by atoms with van der Waals surface area (Å²) in [5, 5.41) is 9.07. The summed E-state index contributed by atoms with van der Waals surface area (Å²) in [6.07, 6.45) is -3.10. The minimum Gasteiger partial charge on any atom is -0.269 e. The largest absolute Gasteiger partial charge is 0.417 e. The average molecular weight is 529 g/mol. The van der Waals surface area contributed by atoms with Crippen molar-refractivity contribution < 1.29 is 34.4 Å². The number of hydrogen-bond acceptors (Lipinski definition) is 5. The normalized spacial score (nSPS) is 29.2. The van der Waals surface area contributed by atoms with Crippen LogP contribution in [-0.2, 0) is 26.0 Å². The molecule has 1 saturated heterocycles. The van der Waals surface area contributed by atoms with E-state index in [4.69, 9.17) is 5.26 Å². The Balaban J connectivity index is 1.62. The molecule has 0 amide bonds. The molecule has 35 heavy (non-hydrogen) atoms. The molecule has 6 nitrogen and oxygen atoms in total. The van der Waals surface area contributed by atoms with Crippen molar-refractivity contribution in [3.8, 4) is 6.07 Å². The first kappa shape index (κ1) is 24.1. The average Bonchev–Trinajstić information content (AvgIpc) is 3.43. The van der Waals surface area contributed by atoms with Crippen LogP contribution in [0.5, 0.6) is 0 Å². The quantitative estimate of drug-likeness (QED) is 0.440. The molecule has 3 fully saturated rings. The summed E-state index contributed by atoms with van der Waals surface area (Å²) in [6.45, 7) is -0.133. The van der Waals surface area contributed by atoms with Crippen LogP contribution in [0.4, 0.5) is 23.2 Å². The second kappa shape index (κ2) is 7.67. The van der Waals surface area contributed by atoms with Crippen molar-refractivity contribution in [3.05, 3.63) is 59.4 Å².